The third-order valence-corrected chi connectivity index (χ3v) is 13.5. The Balaban J connectivity index is 0.911. The Morgan fingerprint density at radius 2 is 0.839 bits per heavy atom. The second kappa shape index (κ2) is 15.0. The van der Waals surface area contributed by atoms with E-state index in [0.717, 1.165) is 17.1 Å². The number of anilines is 3. The van der Waals surface area contributed by atoms with E-state index >= 15 is 0 Å². The van der Waals surface area contributed by atoms with Gasteiger partial charge in [-0.3, -0.25) is 0 Å². The smallest absolute Gasteiger partial charge is 0.0476 e. The molecule has 0 radical (unpaired) electrons. The number of rotatable bonds is 8. The molecule has 0 aliphatic heterocycles. The van der Waals surface area contributed by atoms with Gasteiger partial charge in [0.05, 0.1) is 0 Å². The van der Waals surface area contributed by atoms with Crippen molar-refractivity contribution in [1.29, 1.82) is 0 Å². The zero-order chi connectivity index (χ0) is 41.0. The minimum absolute atomic E-state index is 1.14. The van der Waals surface area contributed by atoms with Gasteiger partial charge in [0.2, 0.25) is 0 Å². The van der Waals surface area contributed by atoms with Gasteiger partial charge in [-0.25, -0.2) is 0 Å². The van der Waals surface area contributed by atoms with Gasteiger partial charge in [-0.15, -0.1) is 11.3 Å². The number of thiophene rings is 1. The number of nitrogens with zero attached hydrogens (tertiary/aromatic N) is 1. The monoisotopic (exact) mass is 805 g/mol. The van der Waals surface area contributed by atoms with Gasteiger partial charge in [-0.05, 0) is 126 Å². The molecule has 1 nitrogen and oxygen atoms in total. The Hall–Kier alpha value is -7.78. The van der Waals surface area contributed by atoms with E-state index in [1.165, 1.54) is 97.7 Å². The van der Waals surface area contributed by atoms with Crippen molar-refractivity contribution in [2.24, 2.45) is 0 Å². The van der Waals surface area contributed by atoms with Gasteiger partial charge < -0.3 is 4.90 Å². The van der Waals surface area contributed by atoms with E-state index in [4.69, 9.17) is 0 Å². The van der Waals surface area contributed by atoms with Crippen molar-refractivity contribution in [3.8, 4) is 55.6 Å². The summed E-state index contributed by atoms with van der Waals surface area (Å²) in [7, 11) is 0. The lowest BCUT2D eigenvalue weighted by atomic mass is 9.82. The number of hydrogen-bond donors (Lipinski definition) is 0. The maximum absolute atomic E-state index is 2.44. The van der Waals surface area contributed by atoms with Gasteiger partial charge in [-0.2, -0.15) is 0 Å². The highest BCUT2D eigenvalue weighted by molar-refractivity contribution is 7.25. The first kappa shape index (κ1) is 36.1. The molecule has 1 aromatic heterocycles. The molecule has 0 fully saturated rings. The predicted octanol–water partition coefficient (Wildman–Crippen LogP) is 17.5. The van der Waals surface area contributed by atoms with E-state index in [9.17, 15) is 0 Å². The minimum Gasteiger partial charge on any atom is -0.310 e. The van der Waals surface area contributed by atoms with Gasteiger partial charge in [0, 0.05) is 37.2 Å². The van der Waals surface area contributed by atoms with Gasteiger partial charge in [0.15, 0.2) is 0 Å². The molecule has 10 aromatic carbocycles. The molecule has 0 atom stereocenters. The van der Waals surface area contributed by atoms with Crippen LogP contribution in [0, 0.1) is 0 Å². The number of fused-ring (bicyclic) bond motifs is 6. The molecule has 0 saturated carbocycles. The SMILES string of the molecule is C(=C\c1ccc2c(c1)sc1cc(N(c3ccccc3)c3ccccc3)ccc12)/c1ccc(-c2cc(-c3ccccc3)c3c(c2-c2ccccc2)-c2cccc4cccc-3c24)cc1. The fraction of sp³-hybridized carbons (Fsp3) is 0. The zero-order valence-electron chi connectivity index (χ0n) is 33.9. The predicted molar refractivity (Wildman–Crippen MR) is 268 cm³/mol. The normalized spacial score (nSPS) is 11.8. The van der Waals surface area contributed by atoms with Gasteiger partial charge in [0.1, 0.15) is 0 Å². The Morgan fingerprint density at radius 1 is 0.323 bits per heavy atom. The Labute approximate surface area is 365 Å². The number of para-hydroxylation sites is 2. The Bertz CT molecular complexity index is 3430. The summed E-state index contributed by atoms with van der Waals surface area (Å²) < 4.78 is 2.57. The summed E-state index contributed by atoms with van der Waals surface area (Å²) in [6, 6.07) is 81.9. The summed E-state index contributed by atoms with van der Waals surface area (Å²) in [6.07, 6.45) is 4.48. The topological polar surface area (TPSA) is 3.24 Å². The van der Waals surface area contributed by atoms with Crippen molar-refractivity contribution in [3.05, 3.63) is 236 Å². The van der Waals surface area contributed by atoms with Crippen LogP contribution in [0.3, 0.4) is 0 Å². The van der Waals surface area contributed by atoms with Crippen molar-refractivity contribution in [1.82, 2.24) is 0 Å². The molecule has 1 heterocycles. The first-order chi connectivity index (χ1) is 30.7. The molecule has 62 heavy (non-hydrogen) atoms. The van der Waals surface area contributed by atoms with E-state index in [-0.39, 0.29) is 0 Å². The van der Waals surface area contributed by atoms with Crippen LogP contribution in [-0.4, -0.2) is 0 Å². The fourth-order valence-corrected chi connectivity index (χ4v) is 10.7. The van der Waals surface area contributed by atoms with Crippen LogP contribution in [-0.2, 0) is 0 Å². The Kier molecular flexibility index (Phi) is 8.76. The Morgan fingerprint density at radius 3 is 1.50 bits per heavy atom. The molecule has 0 N–H and O–H groups in total. The second-order valence-electron chi connectivity index (χ2n) is 16.0. The summed E-state index contributed by atoms with van der Waals surface area (Å²) in [5.74, 6) is 0. The molecular weight excluding hydrogens is 767 g/mol. The van der Waals surface area contributed by atoms with Crippen LogP contribution < -0.4 is 4.90 Å². The van der Waals surface area contributed by atoms with E-state index in [1.807, 2.05) is 11.3 Å². The van der Waals surface area contributed by atoms with E-state index < -0.39 is 0 Å². The first-order valence-electron chi connectivity index (χ1n) is 21.2. The molecule has 1 aliphatic carbocycles. The highest BCUT2D eigenvalue weighted by Gasteiger charge is 2.30. The maximum Gasteiger partial charge on any atom is 0.0476 e. The molecule has 0 bridgehead atoms. The minimum atomic E-state index is 1.14. The highest BCUT2D eigenvalue weighted by Crippen LogP contribution is 2.57. The molecule has 1 aliphatic rings. The quantitative estimate of drug-likeness (QED) is 0.138. The van der Waals surface area contributed by atoms with Crippen LogP contribution in [0.25, 0.3) is 98.7 Å². The maximum atomic E-state index is 2.44. The van der Waals surface area contributed by atoms with Gasteiger partial charge in [-0.1, -0.05) is 188 Å². The van der Waals surface area contributed by atoms with Crippen molar-refractivity contribution in [3.63, 3.8) is 0 Å². The summed E-state index contributed by atoms with van der Waals surface area (Å²) >= 11 is 1.86. The van der Waals surface area contributed by atoms with Crippen molar-refractivity contribution < 1.29 is 0 Å². The lowest BCUT2D eigenvalue weighted by Crippen LogP contribution is -2.09. The molecular formula is C60H39NS. The van der Waals surface area contributed by atoms with E-state index in [2.05, 4.69) is 242 Å². The van der Waals surface area contributed by atoms with Gasteiger partial charge >= 0.3 is 0 Å². The average molecular weight is 806 g/mol. The summed E-state index contributed by atoms with van der Waals surface area (Å²) in [6.45, 7) is 0. The highest BCUT2D eigenvalue weighted by atomic mass is 32.1. The van der Waals surface area contributed by atoms with Gasteiger partial charge in [0.25, 0.3) is 0 Å². The molecule has 12 rings (SSSR count). The molecule has 0 unspecified atom stereocenters. The van der Waals surface area contributed by atoms with Crippen LogP contribution in [0.15, 0.2) is 224 Å². The molecule has 0 saturated heterocycles. The third kappa shape index (κ3) is 6.15. The molecule has 290 valence electrons. The van der Waals surface area contributed by atoms with E-state index in [1.54, 1.807) is 0 Å². The lowest BCUT2D eigenvalue weighted by Gasteiger charge is -2.25. The molecule has 0 amide bonds. The lowest BCUT2D eigenvalue weighted by molar-refractivity contribution is 1.29. The largest absolute Gasteiger partial charge is 0.310 e. The molecule has 0 spiro atoms. The van der Waals surface area contributed by atoms with Crippen molar-refractivity contribution >= 4 is 71.5 Å². The van der Waals surface area contributed by atoms with Crippen LogP contribution >= 0.6 is 11.3 Å². The summed E-state index contributed by atoms with van der Waals surface area (Å²) in [5, 5.41) is 5.20. The van der Waals surface area contributed by atoms with Crippen LogP contribution in [0.5, 0.6) is 0 Å². The second-order valence-corrected chi connectivity index (χ2v) is 17.1. The first-order valence-corrected chi connectivity index (χ1v) is 22.1. The van der Waals surface area contributed by atoms with Crippen LogP contribution in [0.1, 0.15) is 11.1 Å². The summed E-state index contributed by atoms with van der Waals surface area (Å²) in [5.41, 5.74) is 18.5. The zero-order valence-corrected chi connectivity index (χ0v) is 34.7. The van der Waals surface area contributed by atoms with Crippen molar-refractivity contribution in [2.45, 2.75) is 0 Å². The summed E-state index contributed by atoms with van der Waals surface area (Å²) in [4.78, 5) is 2.33. The van der Waals surface area contributed by atoms with Crippen LogP contribution in [0.2, 0.25) is 0 Å². The average Bonchev–Trinajstić information content (AvgIpc) is 3.88. The molecule has 11 aromatic rings. The third-order valence-electron chi connectivity index (χ3n) is 12.4. The van der Waals surface area contributed by atoms with E-state index in [0.29, 0.717) is 0 Å². The number of hydrogen-bond acceptors (Lipinski definition) is 2. The van der Waals surface area contributed by atoms with Crippen LogP contribution in [0.4, 0.5) is 17.1 Å². The number of benzene rings is 10. The van der Waals surface area contributed by atoms with Crippen molar-refractivity contribution in [2.75, 3.05) is 4.90 Å². The fourth-order valence-electron chi connectivity index (χ4n) is 9.56. The standard InChI is InChI=1S/C60H39NS/c1-5-15-42(16-6-1)54-39-53(58(45-17-7-2-8-18-45)60-52-26-14-20-44-19-13-25-51(57(44)52)59(54)60)43-32-29-40(30-33-43)27-28-41-31-35-49-50-36-34-48(38-56(50)62-55(49)37-41)61(46-21-9-3-10-22-46)47-23-11-4-12-24-47/h1-39H/b28-27+. The molecule has 2 heteroatoms.